The maximum absolute atomic E-state index is 12.8. The molecule has 7 heteroatoms. The number of benzene rings is 1. The molecule has 1 amide bonds. The lowest BCUT2D eigenvalue weighted by Gasteiger charge is -2.25. The molecule has 0 bridgehead atoms. The van der Waals surface area contributed by atoms with Crippen LogP contribution in [0.4, 0.5) is 5.82 Å². The molecule has 7 nitrogen and oxygen atoms in total. The van der Waals surface area contributed by atoms with Gasteiger partial charge in [0.1, 0.15) is 23.4 Å². The summed E-state index contributed by atoms with van der Waals surface area (Å²) >= 11 is 0. The van der Waals surface area contributed by atoms with Crippen LogP contribution in [0, 0.1) is 0 Å². The Morgan fingerprint density at radius 2 is 2.00 bits per heavy atom. The summed E-state index contributed by atoms with van der Waals surface area (Å²) in [7, 11) is 1.84. The topological polar surface area (TPSA) is 75.9 Å². The SMILES string of the molecule is CNc1cc([C@@H]2CCCN2C(=O)Cn2nc3ccccc3n2)ccn1. The summed E-state index contributed by atoms with van der Waals surface area (Å²) < 4.78 is 0. The zero-order chi connectivity index (χ0) is 17.2. The summed E-state index contributed by atoms with van der Waals surface area (Å²) in [6, 6.07) is 11.7. The minimum absolute atomic E-state index is 0.0469. The van der Waals surface area contributed by atoms with E-state index in [1.54, 1.807) is 6.20 Å². The first kappa shape index (κ1) is 15.6. The molecule has 1 atom stereocenters. The van der Waals surface area contributed by atoms with Crippen LogP contribution in [0.3, 0.4) is 0 Å². The summed E-state index contributed by atoms with van der Waals surface area (Å²) in [6.45, 7) is 0.927. The number of nitrogens with zero attached hydrogens (tertiary/aromatic N) is 5. The van der Waals surface area contributed by atoms with Crippen molar-refractivity contribution in [3.8, 4) is 0 Å². The lowest BCUT2D eigenvalue weighted by Crippen LogP contribution is -2.34. The van der Waals surface area contributed by atoms with Crippen molar-refractivity contribution in [2.45, 2.75) is 25.4 Å². The third-order valence-electron chi connectivity index (χ3n) is 4.60. The minimum atomic E-state index is 0.0469. The number of pyridine rings is 1. The van der Waals surface area contributed by atoms with Crippen LogP contribution in [0.2, 0.25) is 0 Å². The van der Waals surface area contributed by atoms with E-state index in [9.17, 15) is 4.79 Å². The Hall–Kier alpha value is -2.96. The van der Waals surface area contributed by atoms with Gasteiger partial charge in [-0.1, -0.05) is 12.1 Å². The number of hydrogen-bond acceptors (Lipinski definition) is 5. The van der Waals surface area contributed by atoms with Crippen LogP contribution < -0.4 is 5.32 Å². The van der Waals surface area contributed by atoms with E-state index in [1.807, 2.05) is 48.3 Å². The van der Waals surface area contributed by atoms with Gasteiger partial charge in [0.05, 0.1) is 6.04 Å². The first-order valence-electron chi connectivity index (χ1n) is 8.47. The highest BCUT2D eigenvalue weighted by Crippen LogP contribution is 2.32. The van der Waals surface area contributed by atoms with Crippen molar-refractivity contribution < 1.29 is 4.79 Å². The highest BCUT2D eigenvalue weighted by atomic mass is 16.2. The van der Waals surface area contributed by atoms with Crippen molar-refractivity contribution in [2.24, 2.45) is 0 Å². The number of carbonyl (C=O) groups excluding carboxylic acids is 1. The number of carbonyl (C=O) groups is 1. The van der Waals surface area contributed by atoms with Crippen molar-refractivity contribution >= 4 is 22.8 Å². The number of amides is 1. The van der Waals surface area contributed by atoms with Crippen molar-refractivity contribution in [1.29, 1.82) is 0 Å². The molecule has 1 fully saturated rings. The molecule has 1 saturated heterocycles. The van der Waals surface area contributed by atoms with Gasteiger partial charge < -0.3 is 10.2 Å². The van der Waals surface area contributed by atoms with Crippen LogP contribution in [-0.4, -0.2) is 44.4 Å². The predicted octanol–water partition coefficient (Wildman–Crippen LogP) is 2.23. The molecule has 0 unspecified atom stereocenters. The predicted molar refractivity (Wildman–Crippen MR) is 95.0 cm³/mol. The monoisotopic (exact) mass is 336 g/mol. The van der Waals surface area contributed by atoms with Crippen LogP contribution in [0.5, 0.6) is 0 Å². The van der Waals surface area contributed by atoms with Crippen LogP contribution in [0.25, 0.3) is 11.0 Å². The van der Waals surface area contributed by atoms with Crippen LogP contribution >= 0.6 is 0 Å². The van der Waals surface area contributed by atoms with Crippen molar-refractivity contribution in [3.05, 3.63) is 48.2 Å². The fourth-order valence-corrected chi connectivity index (χ4v) is 3.39. The van der Waals surface area contributed by atoms with Crippen molar-refractivity contribution in [2.75, 3.05) is 18.9 Å². The van der Waals surface area contributed by atoms with E-state index < -0.39 is 0 Å². The van der Waals surface area contributed by atoms with E-state index in [0.717, 1.165) is 41.8 Å². The van der Waals surface area contributed by atoms with E-state index in [2.05, 4.69) is 20.5 Å². The number of hydrogen-bond donors (Lipinski definition) is 1. The smallest absolute Gasteiger partial charge is 0.246 e. The van der Waals surface area contributed by atoms with Gasteiger partial charge in [0, 0.05) is 19.8 Å². The first-order valence-corrected chi connectivity index (χ1v) is 8.47. The molecule has 1 aliphatic heterocycles. The molecule has 3 aromatic rings. The fraction of sp³-hybridized carbons (Fsp3) is 0.333. The van der Waals surface area contributed by atoms with Gasteiger partial charge >= 0.3 is 0 Å². The molecule has 1 aromatic carbocycles. The number of fused-ring (bicyclic) bond motifs is 1. The second-order valence-electron chi connectivity index (χ2n) is 6.19. The molecule has 0 radical (unpaired) electrons. The second-order valence-corrected chi connectivity index (χ2v) is 6.19. The average Bonchev–Trinajstić information content (AvgIpc) is 3.28. The Kier molecular flexibility index (Phi) is 4.05. The highest BCUT2D eigenvalue weighted by molar-refractivity contribution is 5.78. The van der Waals surface area contributed by atoms with E-state index >= 15 is 0 Å². The van der Waals surface area contributed by atoms with Gasteiger partial charge in [0.2, 0.25) is 5.91 Å². The van der Waals surface area contributed by atoms with Gasteiger partial charge in [0.15, 0.2) is 0 Å². The molecule has 3 heterocycles. The van der Waals surface area contributed by atoms with Gasteiger partial charge in [-0.05, 0) is 42.7 Å². The molecule has 128 valence electrons. The third-order valence-corrected chi connectivity index (χ3v) is 4.60. The van der Waals surface area contributed by atoms with Gasteiger partial charge in [-0.15, -0.1) is 0 Å². The van der Waals surface area contributed by atoms with E-state index in [4.69, 9.17) is 0 Å². The van der Waals surface area contributed by atoms with E-state index in [0.29, 0.717) is 0 Å². The normalized spacial score (nSPS) is 17.2. The minimum Gasteiger partial charge on any atom is -0.373 e. The molecular weight excluding hydrogens is 316 g/mol. The molecule has 0 saturated carbocycles. The number of anilines is 1. The standard InChI is InChI=1S/C18H20N6O/c1-19-17-11-13(8-9-20-17)16-7-4-10-23(16)18(25)12-24-21-14-5-2-3-6-15(14)22-24/h2-3,5-6,8-9,11,16H,4,7,10,12H2,1H3,(H,19,20)/t16-/m0/s1. The lowest BCUT2D eigenvalue weighted by molar-refractivity contribution is -0.133. The lowest BCUT2D eigenvalue weighted by atomic mass is 10.1. The van der Waals surface area contributed by atoms with Gasteiger partial charge in [-0.3, -0.25) is 4.79 Å². The summed E-state index contributed by atoms with van der Waals surface area (Å²) in [5.41, 5.74) is 2.73. The average molecular weight is 336 g/mol. The molecule has 4 rings (SSSR count). The molecule has 1 aliphatic rings. The maximum Gasteiger partial charge on any atom is 0.246 e. The Balaban J connectivity index is 1.53. The molecule has 0 spiro atoms. The Labute approximate surface area is 145 Å². The molecule has 1 N–H and O–H groups in total. The number of rotatable bonds is 4. The number of nitrogens with one attached hydrogen (secondary N) is 1. The number of likely N-dealkylation sites (tertiary alicyclic amines) is 1. The molecular formula is C18H20N6O. The maximum atomic E-state index is 12.8. The largest absolute Gasteiger partial charge is 0.373 e. The zero-order valence-electron chi connectivity index (χ0n) is 14.1. The highest BCUT2D eigenvalue weighted by Gasteiger charge is 2.30. The summed E-state index contributed by atoms with van der Waals surface area (Å²) in [5.74, 6) is 0.863. The Bertz CT molecular complexity index is 872. The second kappa shape index (κ2) is 6.51. The Morgan fingerprint density at radius 3 is 2.72 bits per heavy atom. The fourth-order valence-electron chi connectivity index (χ4n) is 3.39. The molecule has 25 heavy (non-hydrogen) atoms. The third kappa shape index (κ3) is 3.05. The van der Waals surface area contributed by atoms with E-state index in [1.165, 1.54) is 4.80 Å². The molecule has 2 aromatic heterocycles. The first-order chi connectivity index (χ1) is 12.2. The van der Waals surface area contributed by atoms with Crippen LogP contribution in [0.15, 0.2) is 42.6 Å². The zero-order valence-corrected chi connectivity index (χ0v) is 14.1. The van der Waals surface area contributed by atoms with Crippen LogP contribution in [-0.2, 0) is 11.3 Å². The summed E-state index contributed by atoms with van der Waals surface area (Å²) in [4.78, 5) is 20.5. The quantitative estimate of drug-likeness (QED) is 0.791. The van der Waals surface area contributed by atoms with Gasteiger partial charge in [-0.25, -0.2) is 4.98 Å². The summed E-state index contributed by atoms with van der Waals surface area (Å²) in [5, 5.41) is 11.8. The van der Waals surface area contributed by atoms with Gasteiger partial charge in [0.25, 0.3) is 0 Å². The van der Waals surface area contributed by atoms with Crippen molar-refractivity contribution in [1.82, 2.24) is 24.9 Å². The Morgan fingerprint density at radius 1 is 1.24 bits per heavy atom. The molecule has 0 aliphatic carbocycles. The van der Waals surface area contributed by atoms with Crippen LogP contribution in [0.1, 0.15) is 24.4 Å². The number of aromatic nitrogens is 4. The van der Waals surface area contributed by atoms with Gasteiger partial charge in [-0.2, -0.15) is 15.0 Å². The summed E-state index contributed by atoms with van der Waals surface area (Å²) in [6.07, 6.45) is 3.75. The van der Waals surface area contributed by atoms with E-state index in [-0.39, 0.29) is 18.5 Å². The van der Waals surface area contributed by atoms with Crippen molar-refractivity contribution in [3.63, 3.8) is 0 Å².